The van der Waals surface area contributed by atoms with Crippen LogP contribution in [0.15, 0.2) is 0 Å². The van der Waals surface area contributed by atoms with E-state index in [4.69, 9.17) is 5.73 Å². The molecule has 0 saturated heterocycles. The summed E-state index contributed by atoms with van der Waals surface area (Å²) in [4.78, 5) is 10.4. The van der Waals surface area contributed by atoms with Crippen LogP contribution in [0.4, 0.5) is 0 Å². The van der Waals surface area contributed by atoms with Gasteiger partial charge in [0, 0.05) is 12.5 Å². The van der Waals surface area contributed by atoms with Gasteiger partial charge in [0.1, 0.15) is 0 Å². The third-order valence-electron chi connectivity index (χ3n) is 1.27. The molecule has 0 rings (SSSR count). The van der Waals surface area contributed by atoms with Crippen molar-refractivity contribution in [3.63, 3.8) is 0 Å². The molecule has 3 N–H and O–H groups in total. The lowest BCUT2D eigenvalue weighted by atomic mass is 10.2. The van der Waals surface area contributed by atoms with Gasteiger partial charge < -0.3 is 5.73 Å². The average Bonchev–Trinajstić information content (AvgIpc) is 1.84. The molecule has 1 amide bonds. The quantitative estimate of drug-likeness (QED) is 0.599. The fourth-order valence-electron chi connectivity index (χ4n) is 0.733. The van der Waals surface area contributed by atoms with Gasteiger partial charge in [-0.05, 0) is 13.8 Å². The van der Waals surface area contributed by atoms with Gasteiger partial charge in [-0.3, -0.25) is 4.79 Å². The molecule has 0 aliphatic carbocycles. The predicted octanol–water partition coefficient (Wildman–Crippen LogP) is -0.810. The van der Waals surface area contributed by atoms with Crippen molar-refractivity contribution < 1.29 is 13.2 Å². The van der Waals surface area contributed by atoms with Gasteiger partial charge in [0.2, 0.25) is 15.9 Å². The Balaban J connectivity index is 4.01. The van der Waals surface area contributed by atoms with Crippen molar-refractivity contribution in [1.82, 2.24) is 4.72 Å². The maximum absolute atomic E-state index is 10.9. The van der Waals surface area contributed by atoms with Gasteiger partial charge >= 0.3 is 0 Å². The monoisotopic (exact) mass is 194 g/mol. The van der Waals surface area contributed by atoms with Gasteiger partial charge in [-0.15, -0.1) is 0 Å². The van der Waals surface area contributed by atoms with E-state index in [0.29, 0.717) is 0 Å². The number of amides is 1. The van der Waals surface area contributed by atoms with E-state index in [2.05, 4.69) is 4.72 Å². The molecular formula is C6H14N2O3S. The molecule has 5 nitrogen and oxygen atoms in total. The highest BCUT2D eigenvalue weighted by molar-refractivity contribution is 7.89. The van der Waals surface area contributed by atoms with Crippen molar-refractivity contribution in [2.45, 2.75) is 26.3 Å². The zero-order valence-corrected chi connectivity index (χ0v) is 8.02. The Hall–Kier alpha value is -0.620. The number of nitrogens with one attached hydrogen (secondary N) is 1. The fourth-order valence-corrected chi connectivity index (χ4v) is 1.60. The maximum atomic E-state index is 10.9. The second-order valence-electron chi connectivity index (χ2n) is 2.59. The summed E-state index contributed by atoms with van der Waals surface area (Å²) in [5.74, 6) is -0.503. The number of primary amides is 1. The van der Waals surface area contributed by atoms with E-state index in [1.807, 2.05) is 0 Å². The van der Waals surface area contributed by atoms with Gasteiger partial charge in [-0.2, -0.15) is 0 Å². The zero-order valence-electron chi connectivity index (χ0n) is 7.20. The van der Waals surface area contributed by atoms with Crippen LogP contribution in [0, 0.1) is 0 Å². The van der Waals surface area contributed by atoms with Crippen LogP contribution in [0.5, 0.6) is 0 Å². The maximum Gasteiger partial charge on any atom is 0.219 e. The molecule has 0 aliphatic heterocycles. The van der Waals surface area contributed by atoms with Crippen molar-refractivity contribution in [2.24, 2.45) is 5.73 Å². The fraction of sp³-hybridized carbons (Fsp3) is 0.833. The third kappa shape index (κ3) is 5.09. The average molecular weight is 194 g/mol. The minimum absolute atomic E-state index is 0.0100. The van der Waals surface area contributed by atoms with Crippen molar-refractivity contribution in [2.75, 3.05) is 5.75 Å². The second-order valence-corrected chi connectivity index (χ2v) is 4.64. The van der Waals surface area contributed by atoms with E-state index < -0.39 is 22.0 Å². The molecule has 12 heavy (non-hydrogen) atoms. The van der Waals surface area contributed by atoms with E-state index in [-0.39, 0.29) is 12.2 Å². The van der Waals surface area contributed by atoms with Crippen molar-refractivity contribution >= 4 is 15.9 Å². The number of carbonyl (C=O) groups excluding carboxylic acids is 1. The smallest absolute Gasteiger partial charge is 0.219 e. The number of rotatable bonds is 5. The van der Waals surface area contributed by atoms with Crippen LogP contribution in [0.3, 0.4) is 0 Å². The first kappa shape index (κ1) is 11.4. The molecule has 0 aliphatic rings. The summed E-state index contributed by atoms with van der Waals surface area (Å²) in [7, 11) is -3.22. The number of sulfonamides is 1. The normalized spacial score (nSPS) is 14.2. The summed E-state index contributed by atoms with van der Waals surface area (Å²) < 4.78 is 24.2. The largest absolute Gasteiger partial charge is 0.370 e. The molecule has 1 unspecified atom stereocenters. The van der Waals surface area contributed by atoms with E-state index in [1.165, 1.54) is 6.92 Å². The van der Waals surface area contributed by atoms with Crippen LogP contribution < -0.4 is 10.5 Å². The van der Waals surface area contributed by atoms with Gasteiger partial charge in [0.25, 0.3) is 0 Å². The number of hydrogen-bond donors (Lipinski definition) is 2. The highest BCUT2D eigenvalue weighted by Gasteiger charge is 2.13. The molecule has 0 spiro atoms. The van der Waals surface area contributed by atoms with Crippen LogP contribution >= 0.6 is 0 Å². The van der Waals surface area contributed by atoms with E-state index in [9.17, 15) is 13.2 Å². The first-order valence-corrected chi connectivity index (χ1v) is 5.31. The van der Waals surface area contributed by atoms with Crippen molar-refractivity contribution in [3.8, 4) is 0 Å². The molecule has 0 aromatic heterocycles. The zero-order chi connectivity index (χ0) is 9.78. The number of hydrogen-bond acceptors (Lipinski definition) is 3. The summed E-state index contributed by atoms with van der Waals surface area (Å²) >= 11 is 0. The molecule has 0 heterocycles. The minimum atomic E-state index is -3.22. The van der Waals surface area contributed by atoms with Gasteiger partial charge in [-0.25, -0.2) is 13.1 Å². The minimum Gasteiger partial charge on any atom is -0.370 e. The summed E-state index contributed by atoms with van der Waals surface area (Å²) in [6, 6.07) is -0.424. The molecule has 6 heteroatoms. The van der Waals surface area contributed by atoms with Crippen LogP contribution in [0.2, 0.25) is 0 Å². The summed E-state index contributed by atoms with van der Waals surface area (Å²) in [5.41, 5.74) is 4.88. The second kappa shape index (κ2) is 4.42. The Morgan fingerprint density at radius 1 is 1.58 bits per heavy atom. The Morgan fingerprint density at radius 3 is 2.42 bits per heavy atom. The Morgan fingerprint density at radius 2 is 2.08 bits per heavy atom. The highest BCUT2D eigenvalue weighted by Crippen LogP contribution is 1.93. The molecular weight excluding hydrogens is 180 g/mol. The third-order valence-corrected chi connectivity index (χ3v) is 2.79. The highest BCUT2D eigenvalue weighted by atomic mass is 32.2. The lowest BCUT2D eigenvalue weighted by Gasteiger charge is -2.10. The summed E-state index contributed by atoms with van der Waals surface area (Å²) in [6.45, 7) is 3.12. The van der Waals surface area contributed by atoms with Crippen molar-refractivity contribution in [1.29, 1.82) is 0 Å². The van der Waals surface area contributed by atoms with E-state index >= 15 is 0 Å². The Labute approximate surface area is 72.4 Å². The van der Waals surface area contributed by atoms with E-state index in [0.717, 1.165) is 0 Å². The lowest BCUT2D eigenvalue weighted by molar-refractivity contribution is -0.118. The molecule has 0 saturated carbocycles. The molecule has 0 aromatic rings. The molecule has 72 valence electrons. The molecule has 0 aromatic carbocycles. The Bertz CT molecular complexity index is 248. The molecule has 0 bridgehead atoms. The number of carbonyl (C=O) groups is 1. The van der Waals surface area contributed by atoms with Crippen LogP contribution in [-0.2, 0) is 14.8 Å². The van der Waals surface area contributed by atoms with Gasteiger partial charge in [-0.1, -0.05) is 0 Å². The van der Waals surface area contributed by atoms with E-state index in [1.54, 1.807) is 6.92 Å². The molecule has 1 atom stereocenters. The van der Waals surface area contributed by atoms with Crippen LogP contribution in [0.25, 0.3) is 0 Å². The van der Waals surface area contributed by atoms with Crippen molar-refractivity contribution in [3.05, 3.63) is 0 Å². The van der Waals surface area contributed by atoms with Gasteiger partial charge in [0.05, 0.1) is 5.75 Å². The topological polar surface area (TPSA) is 89.3 Å². The van der Waals surface area contributed by atoms with Crippen LogP contribution in [0.1, 0.15) is 20.3 Å². The summed E-state index contributed by atoms with van der Waals surface area (Å²) in [5, 5.41) is 0. The number of nitrogens with two attached hydrogens (primary N) is 1. The Kier molecular flexibility index (Phi) is 4.19. The standard InChI is InChI=1S/C6H14N2O3S/c1-3-12(10,11)8-5(2)4-6(7)9/h5,8H,3-4H2,1-2H3,(H2,7,9). The first-order valence-electron chi connectivity index (χ1n) is 3.65. The lowest BCUT2D eigenvalue weighted by Crippen LogP contribution is -2.36. The molecule has 0 radical (unpaired) electrons. The van der Waals surface area contributed by atoms with Gasteiger partial charge in [0.15, 0.2) is 0 Å². The SMILES string of the molecule is CCS(=O)(=O)NC(C)CC(N)=O. The predicted molar refractivity (Wildman–Crippen MR) is 45.9 cm³/mol. The first-order chi connectivity index (χ1) is 5.37. The summed E-state index contributed by atoms with van der Waals surface area (Å²) in [6.07, 6.45) is 0.0270. The van der Waals surface area contributed by atoms with Crippen LogP contribution in [-0.4, -0.2) is 26.1 Å². The molecule has 0 fully saturated rings.